The van der Waals surface area contributed by atoms with Gasteiger partial charge in [0.25, 0.3) is 0 Å². The van der Waals surface area contributed by atoms with Crippen molar-refractivity contribution in [3.8, 4) is 0 Å². The Balaban J connectivity index is 0.000000170. The van der Waals surface area contributed by atoms with Crippen LogP contribution in [0.1, 0.15) is 97.9 Å². The van der Waals surface area contributed by atoms with Crippen LogP contribution in [0.15, 0.2) is 126 Å². The molecule has 3 aliphatic heterocycles. The van der Waals surface area contributed by atoms with E-state index in [2.05, 4.69) is 170 Å². The van der Waals surface area contributed by atoms with Gasteiger partial charge in [0, 0.05) is 51.7 Å². The monoisotopic (exact) mass is 944 g/mol. The number of nitrogens with zero attached hydrogens (tertiary/aromatic N) is 2. The van der Waals surface area contributed by atoms with Crippen LogP contribution in [0, 0.1) is 13.8 Å². The summed E-state index contributed by atoms with van der Waals surface area (Å²) in [5.74, 6) is 1.38. The number of halogens is 3. The van der Waals surface area contributed by atoms with Gasteiger partial charge in [0.05, 0.1) is 22.7 Å². The first-order valence-corrected chi connectivity index (χ1v) is 24.1. The van der Waals surface area contributed by atoms with Crippen molar-refractivity contribution in [1.29, 1.82) is 0 Å². The molecule has 0 amide bonds. The minimum atomic E-state index is -1.49. The van der Waals surface area contributed by atoms with Gasteiger partial charge in [0.15, 0.2) is 0 Å². The SMILES string of the molecule is C1CCOC1.Cc1ccc2c(c1)C(C)(C)c1cc(B(O)O)ccc1N2c1ccc(CCCCl)cc1.Cc1ccc2c(c1)C(C)(C)c1cc(Br)ccc1N2c1ccc(CCCCl)cc1. The van der Waals surface area contributed by atoms with Gasteiger partial charge in [-0.15, -0.1) is 23.2 Å². The van der Waals surface area contributed by atoms with Crippen LogP contribution in [0.25, 0.3) is 0 Å². The zero-order chi connectivity index (χ0) is 44.9. The molecule has 3 heterocycles. The molecule has 6 aromatic rings. The summed E-state index contributed by atoms with van der Waals surface area (Å²) >= 11 is 15.4. The first-order chi connectivity index (χ1) is 30.2. The van der Waals surface area contributed by atoms with Gasteiger partial charge in [0.1, 0.15) is 0 Å². The fraction of sp³-hybridized carbons (Fsp3) is 0.333. The zero-order valence-electron chi connectivity index (χ0n) is 37.5. The predicted molar refractivity (Wildman–Crippen MR) is 272 cm³/mol. The van der Waals surface area contributed by atoms with Crippen LogP contribution in [-0.2, 0) is 28.4 Å². The molecule has 2 N–H and O–H groups in total. The van der Waals surface area contributed by atoms with E-state index in [-0.39, 0.29) is 10.8 Å². The van der Waals surface area contributed by atoms with E-state index < -0.39 is 7.12 Å². The Morgan fingerprint density at radius 1 is 0.556 bits per heavy atom. The largest absolute Gasteiger partial charge is 0.488 e. The van der Waals surface area contributed by atoms with E-state index in [0.717, 1.165) is 66.0 Å². The molecule has 3 aliphatic rings. The minimum Gasteiger partial charge on any atom is -0.423 e. The van der Waals surface area contributed by atoms with Crippen molar-refractivity contribution in [3.05, 3.63) is 170 Å². The fourth-order valence-corrected chi connectivity index (χ4v) is 9.71. The smallest absolute Gasteiger partial charge is 0.423 e. The maximum atomic E-state index is 9.75. The number of ether oxygens (including phenoxy) is 1. The van der Waals surface area contributed by atoms with E-state index in [1.165, 1.54) is 68.8 Å². The maximum absolute atomic E-state index is 9.75. The number of aryl methyl sites for hydroxylation is 4. The van der Waals surface area contributed by atoms with Crippen molar-refractivity contribution in [2.24, 2.45) is 0 Å². The summed E-state index contributed by atoms with van der Waals surface area (Å²) in [7, 11) is -1.49. The fourth-order valence-electron chi connectivity index (χ4n) is 9.09. The molecule has 328 valence electrons. The Hall–Kier alpha value is -4.08. The standard InChI is InChI=1S/C25H27BClNO2.C25H25BrClN.C4H8O/c1-17-6-12-23-21(15-17)25(2,3)22-16-19(26(29)30)9-13-24(22)28(23)20-10-7-18(8-11-20)5-4-14-27;1-17-6-12-23-21(15-17)25(2,3)22-16-19(26)9-13-24(22)28(23)20-10-7-18(8-11-20)5-4-14-27;1-2-4-5-3-1/h6-13,15-16,29-30H,4-5,14H2,1-3H3;6-13,15-16H,4-5,14H2,1-3H3;1-4H2. The van der Waals surface area contributed by atoms with Crippen LogP contribution in [0.3, 0.4) is 0 Å². The average molecular weight is 947 g/mol. The molecule has 0 atom stereocenters. The quantitative estimate of drug-likeness (QED) is 0.112. The third-order valence-corrected chi connectivity index (χ3v) is 13.7. The summed E-state index contributed by atoms with van der Waals surface area (Å²) < 4.78 is 6.06. The number of fused-ring (bicyclic) bond motifs is 4. The molecule has 0 radical (unpaired) electrons. The molecular weight excluding hydrogens is 886 g/mol. The van der Waals surface area contributed by atoms with E-state index in [0.29, 0.717) is 17.2 Å². The highest BCUT2D eigenvalue weighted by Gasteiger charge is 2.39. The van der Waals surface area contributed by atoms with Crippen LogP contribution in [-0.4, -0.2) is 42.1 Å². The summed E-state index contributed by atoms with van der Waals surface area (Å²) in [6.45, 7) is 15.3. The van der Waals surface area contributed by atoms with Crippen LogP contribution in [0.4, 0.5) is 34.1 Å². The summed E-state index contributed by atoms with van der Waals surface area (Å²) in [5.41, 5.74) is 17.3. The molecule has 0 aliphatic carbocycles. The molecule has 0 bridgehead atoms. The van der Waals surface area contributed by atoms with Crippen LogP contribution in [0.5, 0.6) is 0 Å². The lowest BCUT2D eigenvalue weighted by atomic mass is 9.69. The van der Waals surface area contributed by atoms with Crippen molar-refractivity contribution < 1.29 is 14.8 Å². The first kappa shape index (κ1) is 46.9. The molecule has 6 aromatic carbocycles. The van der Waals surface area contributed by atoms with Gasteiger partial charge in [0.2, 0.25) is 0 Å². The molecule has 0 unspecified atom stereocenters. The van der Waals surface area contributed by atoms with Gasteiger partial charge in [-0.1, -0.05) is 115 Å². The van der Waals surface area contributed by atoms with Crippen molar-refractivity contribution in [2.75, 3.05) is 34.8 Å². The summed E-state index contributed by atoms with van der Waals surface area (Å²) in [6.07, 6.45) is 6.53. The van der Waals surface area contributed by atoms with Gasteiger partial charge in [-0.05, 0) is 152 Å². The Labute approximate surface area is 394 Å². The van der Waals surface area contributed by atoms with Gasteiger partial charge in [-0.3, -0.25) is 0 Å². The lowest BCUT2D eigenvalue weighted by molar-refractivity contribution is 0.198. The lowest BCUT2D eigenvalue weighted by Gasteiger charge is -2.42. The van der Waals surface area contributed by atoms with E-state index >= 15 is 0 Å². The molecule has 0 aromatic heterocycles. The van der Waals surface area contributed by atoms with E-state index in [4.69, 9.17) is 27.9 Å². The second-order valence-corrected chi connectivity index (χ2v) is 19.7. The van der Waals surface area contributed by atoms with E-state index in [1.54, 1.807) is 6.07 Å². The highest BCUT2D eigenvalue weighted by Crippen LogP contribution is 2.53. The second-order valence-electron chi connectivity index (χ2n) is 18.0. The first-order valence-electron chi connectivity index (χ1n) is 22.2. The topological polar surface area (TPSA) is 56.2 Å². The Morgan fingerprint density at radius 3 is 1.35 bits per heavy atom. The Morgan fingerprint density at radius 2 is 0.952 bits per heavy atom. The second kappa shape index (κ2) is 20.4. The lowest BCUT2D eigenvalue weighted by Crippen LogP contribution is -2.35. The van der Waals surface area contributed by atoms with Gasteiger partial charge in [-0.2, -0.15) is 0 Å². The maximum Gasteiger partial charge on any atom is 0.488 e. The molecule has 0 spiro atoms. The molecule has 1 saturated heterocycles. The number of benzene rings is 6. The minimum absolute atomic E-state index is 0.0583. The normalized spacial score (nSPS) is 15.2. The van der Waals surface area contributed by atoms with Crippen LogP contribution < -0.4 is 15.3 Å². The van der Waals surface area contributed by atoms with Gasteiger partial charge in [-0.25, -0.2) is 0 Å². The molecule has 63 heavy (non-hydrogen) atoms. The van der Waals surface area contributed by atoms with Crippen molar-refractivity contribution >= 4 is 85.8 Å². The zero-order valence-corrected chi connectivity index (χ0v) is 40.6. The molecule has 9 rings (SSSR count). The highest BCUT2D eigenvalue weighted by atomic mass is 79.9. The number of alkyl halides is 2. The van der Waals surface area contributed by atoms with Crippen molar-refractivity contribution in [3.63, 3.8) is 0 Å². The van der Waals surface area contributed by atoms with E-state index in [9.17, 15) is 10.0 Å². The van der Waals surface area contributed by atoms with Crippen molar-refractivity contribution in [2.45, 2.75) is 90.9 Å². The predicted octanol–water partition coefficient (Wildman–Crippen LogP) is 13.8. The Kier molecular flexibility index (Phi) is 15.2. The molecular formula is C54H60BBrCl2N2O3. The number of hydrogen-bond donors (Lipinski definition) is 2. The van der Waals surface area contributed by atoms with Gasteiger partial charge >= 0.3 is 7.12 Å². The summed E-state index contributed by atoms with van der Waals surface area (Å²) in [6, 6.07) is 43.3. The number of rotatable bonds is 9. The number of hydrogen-bond acceptors (Lipinski definition) is 5. The van der Waals surface area contributed by atoms with Crippen LogP contribution in [0.2, 0.25) is 0 Å². The van der Waals surface area contributed by atoms with Crippen molar-refractivity contribution in [1.82, 2.24) is 0 Å². The van der Waals surface area contributed by atoms with Crippen LogP contribution >= 0.6 is 39.1 Å². The molecule has 9 heteroatoms. The third kappa shape index (κ3) is 10.3. The summed E-state index contributed by atoms with van der Waals surface area (Å²) in [4.78, 5) is 4.67. The molecule has 5 nitrogen and oxygen atoms in total. The van der Waals surface area contributed by atoms with E-state index in [1.807, 2.05) is 12.1 Å². The Bertz CT molecular complexity index is 2440. The van der Waals surface area contributed by atoms with Gasteiger partial charge < -0.3 is 24.6 Å². The third-order valence-electron chi connectivity index (χ3n) is 12.7. The average Bonchev–Trinajstić information content (AvgIpc) is 3.88. The highest BCUT2D eigenvalue weighted by molar-refractivity contribution is 9.10. The molecule has 0 saturated carbocycles. The summed E-state index contributed by atoms with van der Waals surface area (Å²) in [5, 5.41) is 19.5. The number of anilines is 6. The molecule has 1 fully saturated rings.